The van der Waals surface area contributed by atoms with Crippen LogP contribution in [0.2, 0.25) is 4.34 Å². The van der Waals surface area contributed by atoms with Crippen molar-refractivity contribution in [3.8, 4) is 5.75 Å². The first-order chi connectivity index (χ1) is 13.0. The fourth-order valence-corrected chi connectivity index (χ4v) is 3.33. The van der Waals surface area contributed by atoms with Gasteiger partial charge in [-0.3, -0.25) is 14.4 Å². The summed E-state index contributed by atoms with van der Waals surface area (Å²) in [4.78, 5) is 35.8. The van der Waals surface area contributed by atoms with Gasteiger partial charge in [-0.25, -0.2) is 0 Å². The molecule has 2 rings (SSSR count). The van der Waals surface area contributed by atoms with Crippen molar-refractivity contribution in [2.24, 2.45) is 0 Å². The highest BCUT2D eigenvalue weighted by Crippen LogP contribution is 2.23. The van der Waals surface area contributed by atoms with E-state index in [1.807, 2.05) is 24.3 Å². The summed E-state index contributed by atoms with van der Waals surface area (Å²) in [5.41, 5.74) is 0.976. The third-order valence-corrected chi connectivity index (χ3v) is 4.95. The molecule has 0 saturated carbocycles. The molecule has 0 fully saturated rings. The molecule has 1 aromatic heterocycles. The van der Waals surface area contributed by atoms with Gasteiger partial charge in [-0.05, 0) is 30.2 Å². The summed E-state index contributed by atoms with van der Waals surface area (Å²) in [5.74, 6) is -0.402. The Morgan fingerprint density at radius 2 is 1.89 bits per heavy atom. The second-order valence-corrected chi connectivity index (χ2v) is 7.31. The van der Waals surface area contributed by atoms with Crippen LogP contribution in [0, 0.1) is 0 Å². The lowest BCUT2D eigenvalue weighted by Gasteiger charge is -2.09. The predicted octanol–water partition coefficient (Wildman–Crippen LogP) is 3.28. The number of rotatable bonds is 10. The zero-order valence-corrected chi connectivity index (χ0v) is 16.4. The molecule has 0 unspecified atom stereocenters. The lowest BCUT2D eigenvalue weighted by Crippen LogP contribution is -2.30. The topological polar surface area (TPSA) is 81.7 Å². The minimum absolute atomic E-state index is 0.0189. The smallest absolute Gasteiger partial charge is 0.306 e. The second kappa shape index (κ2) is 10.7. The molecule has 8 heteroatoms. The maximum absolute atomic E-state index is 11.9. The number of amides is 1. The zero-order chi connectivity index (χ0) is 19.6. The number of para-hydroxylation sites is 1. The number of esters is 1. The third-order valence-electron chi connectivity index (χ3n) is 3.68. The standard InChI is InChI=1S/C19H20ClNO5S/c1-25-15-5-3-2-4-13(15)10-11-21-18(23)12-26-19(24)9-6-14(22)16-7-8-17(20)27-16/h2-5,7-8H,6,9-12H2,1H3,(H,21,23). The van der Waals surface area contributed by atoms with Crippen LogP contribution in [0.1, 0.15) is 28.1 Å². The van der Waals surface area contributed by atoms with Gasteiger partial charge in [0.2, 0.25) is 0 Å². The Morgan fingerprint density at radius 3 is 2.59 bits per heavy atom. The number of thiophene rings is 1. The summed E-state index contributed by atoms with van der Waals surface area (Å²) in [6.45, 7) is 0.0260. The van der Waals surface area contributed by atoms with Gasteiger partial charge < -0.3 is 14.8 Å². The molecule has 1 aromatic carbocycles. The largest absolute Gasteiger partial charge is 0.496 e. The quantitative estimate of drug-likeness (QED) is 0.481. The Kier molecular flexibility index (Phi) is 8.29. The van der Waals surface area contributed by atoms with E-state index in [9.17, 15) is 14.4 Å². The lowest BCUT2D eigenvalue weighted by molar-refractivity contribution is -0.148. The van der Waals surface area contributed by atoms with E-state index < -0.39 is 11.9 Å². The lowest BCUT2D eigenvalue weighted by atomic mass is 10.1. The average molecular weight is 410 g/mol. The van der Waals surface area contributed by atoms with Crippen LogP contribution in [0.3, 0.4) is 0 Å². The second-order valence-electron chi connectivity index (χ2n) is 5.60. The molecule has 0 atom stereocenters. The molecular weight excluding hydrogens is 390 g/mol. The van der Waals surface area contributed by atoms with Crippen LogP contribution in [0.4, 0.5) is 0 Å². The Morgan fingerprint density at radius 1 is 1.11 bits per heavy atom. The molecular formula is C19H20ClNO5S. The summed E-state index contributed by atoms with van der Waals surface area (Å²) in [5, 5.41) is 2.68. The minimum atomic E-state index is -0.592. The number of methoxy groups -OCH3 is 1. The van der Waals surface area contributed by atoms with Crippen molar-refractivity contribution in [3.63, 3.8) is 0 Å². The van der Waals surface area contributed by atoms with E-state index in [1.165, 1.54) is 11.3 Å². The number of carbonyl (C=O) groups excluding carboxylic acids is 3. The van der Waals surface area contributed by atoms with E-state index in [2.05, 4.69) is 5.32 Å². The van der Waals surface area contributed by atoms with Gasteiger partial charge in [-0.1, -0.05) is 29.8 Å². The predicted molar refractivity (Wildman–Crippen MR) is 104 cm³/mol. The van der Waals surface area contributed by atoms with Crippen molar-refractivity contribution in [3.05, 3.63) is 51.2 Å². The molecule has 144 valence electrons. The van der Waals surface area contributed by atoms with Gasteiger partial charge >= 0.3 is 5.97 Å². The first-order valence-corrected chi connectivity index (χ1v) is 9.52. The number of hydrogen-bond donors (Lipinski definition) is 1. The molecule has 27 heavy (non-hydrogen) atoms. The monoisotopic (exact) mass is 409 g/mol. The van der Waals surface area contributed by atoms with Gasteiger partial charge in [0.05, 0.1) is 22.7 Å². The van der Waals surface area contributed by atoms with Crippen molar-refractivity contribution in [1.29, 1.82) is 0 Å². The van der Waals surface area contributed by atoms with Gasteiger partial charge in [0.25, 0.3) is 5.91 Å². The first kappa shape index (κ1) is 20.9. The van der Waals surface area contributed by atoms with Crippen LogP contribution in [0.15, 0.2) is 36.4 Å². The highest BCUT2D eigenvalue weighted by molar-refractivity contribution is 7.18. The number of nitrogens with one attached hydrogen (secondary N) is 1. The Hall–Kier alpha value is -2.38. The van der Waals surface area contributed by atoms with E-state index in [1.54, 1.807) is 19.2 Å². The molecule has 1 N–H and O–H groups in total. The number of benzene rings is 1. The summed E-state index contributed by atoms with van der Waals surface area (Å²) in [6.07, 6.45) is 0.537. The van der Waals surface area contributed by atoms with Crippen LogP contribution >= 0.6 is 22.9 Å². The Labute approximate surface area is 166 Å². The Bertz CT molecular complexity index is 805. The van der Waals surface area contributed by atoms with Crippen LogP contribution in [0.25, 0.3) is 0 Å². The third kappa shape index (κ3) is 7.03. The summed E-state index contributed by atoms with van der Waals surface area (Å²) in [7, 11) is 1.59. The summed E-state index contributed by atoms with van der Waals surface area (Å²) in [6, 6.07) is 10.8. The fourth-order valence-electron chi connectivity index (χ4n) is 2.32. The summed E-state index contributed by atoms with van der Waals surface area (Å²) < 4.78 is 10.7. The minimum Gasteiger partial charge on any atom is -0.496 e. The number of ketones is 1. The average Bonchev–Trinajstić information content (AvgIpc) is 3.11. The van der Waals surface area contributed by atoms with Crippen molar-refractivity contribution in [1.82, 2.24) is 5.32 Å². The maximum Gasteiger partial charge on any atom is 0.306 e. The molecule has 1 amide bonds. The van der Waals surface area contributed by atoms with Crippen molar-refractivity contribution >= 4 is 40.6 Å². The van der Waals surface area contributed by atoms with Gasteiger partial charge in [0.1, 0.15) is 5.75 Å². The summed E-state index contributed by atoms with van der Waals surface area (Å²) >= 11 is 6.94. The van der Waals surface area contributed by atoms with Crippen LogP contribution < -0.4 is 10.1 Å². The highest BCUT2D eigenvalue weighted by Gasteiger charge is 2.13. The van der Waals surface area contributed by atoms with E-state index in [-0.39, 0.29) is 25.2 Å². The first-order valence-electron chi connectivity index (χ1n) is 8.32. The van der Waals surface area contributed by atoms with Crippen LogP contribution in [-0.4, -0.2) is 37.9 Å². The zero-order valence-electron chi connectivity index (χ0n) is 14.8. The molecule has 0 aliphatic carbocycles. The number of hydrogen-bond acceptors (Lipinski definition) is 6. The molecule has 1 heterocycles. The van der Waals surface area contributed by atoms with Gasteiger partial charge in [0, 0.05) is 13.0 Å². The number of Topliss-reactive ketones (excluding diaryl/α,β-unsaturated/α-hetero) is 1. The molecule has 0 saturated heterocycles. The maximum atomic E-state index is 11.9. The van der Waals surface area contributed by atoms with E-state index in [0.29, 0.717) is 22.2 Å². The molecule has 6 nitrogen and oxygen atoms in total. The molecule has 0 aliphatic heterocycles. The number of ether oxygens (including phenoxy) is 2. The molecule has 0 spiro atoms. The van der Waals surface area contributed by atoms with Gasteiger partial charge in [0.15, 0.2) is 12.4 Å². The van der Waals surface area contributed by atoms with Gasteiger partial charge in [-0.15, -0.1) is 11.3 Å². The normalized spacial score (nSPS) is 10.3. The molecule has 0 aliphatic rings. The molecule has 2 aromatic rings. The van der Waals surface area contributed by atoms with E-state index in [0.717, 1.165) is 11.3 Å². The number of halogens is 1. The van der Waals surface area contributed by atoms with Crippen LogP contribution in [-0.2, 0) is 20.7 Å². The van der Waals surface area contributed by atoms with Gasteiger partial charge in [-0.2, -0.15) is 0 Å². The number of carbonyl (C=O) groups is 3. The Balaban J connectivity index is 1.63. The SMILES string of the molecule is COc1ccccc1CCNC(=O)COC(=O)CCC(=O)c1ccc(Cl)s1. The van der Waals surface area contributed by atoms with Crippen molar-refractivity contribution in [2.75, 3.05) is 20.3 Å². The van der Waals surface area contributed by atoms with Crippen molar-refractivity contribution in [2.45, 2.75) is 19.3 Å². The highest BCUT2D eigenvalue weighted by atomic mass is 35.5. The molecule has 0 radical (unpaired) electrons. The van der Waals surface area contributed by atoms with Crippen LogP contribution in [0.5, 0.6) is 5.75 Å². The fraction of sp³-hybridized carbons (Fsp3) is 0.316. The molecule has 0 bridgehead atoms. The van der Waals surface area contributed by atoms with E-state index >= 15 is 0 Å². The van der Waals surface area contributed by atoms with Crippen molar-refractivity contribution < 1.29 is 23.9 Å². The van der Waals surface area contributed by atoms with E-state index in [4.69, 9.17) is 21.1 Å².